The number of halogens is 3. The zero-order valence-corrected chi connectivity index (χ0v) is 17.1. The van der Waals surface area contributed by atoms with Gasteiger partial charge in [-0.2, -0.15) is 0 Å². The van der Waals surface area contributed by atoms with Gasteiger partial charge in [0.1, 0.15) is 17.7 Å². The van der Waals surface area contributed by atoms with Crippen molar-refractivity contribution in [1.29, 1.82) is 0 Å². The molecule has 8 nitrogen and oxygen atoms in total. The summed E-state index contributed by atoms with van der Waals surface area (Å²) in [6, 6.07) is 12.6. The molecule has 2 aromatic carbocycles. The Bertz CT molecular complexity index is 921. The van der Waals surface area contributed by atoms with Gasteiger partial charge in [0, 0.05) is 28.9 Å². The van der Waals surface area contributed by atoms with Crippen LogP contribution in [0.2, 0.25) is 15.1 Å². The molecular weight excluding hydrogens is 445 g/mol. The minimum absolute atomic E-state index is 0.0281. The molecule has 0 saturated carbocycles. The van der Waals surface area contributed by atoms with E-state index in [-0.39, 0.29) is 12.9 Å². The number of para-hydroxylation sites is 1. The Labute approximate surface area is 181 Å². The minimum Gasteiger partial charge on any atom is -0.466 e. The Morgan fingerprint density at radius 2 is 1.90 bits per heavy atom. The van der Waals surface area contributed by atoms with Gasteiger partial charge in [-0.05, 0) is 29.8 Å². The predicted molar refractivity (Wildman–Crippen MR) is 108 cm³/mol. The summed E-state index contributed by atoms with van der Waals surface area (Å²) in [5.74, 6) is 1.25. The van der Waals surface area contributed by atoms with Crippen molar-refractivity contribution >= 4 is 34.8 Å². The van der Waals surface area contributed by atoms with Crippen LogP contribution in [0.1, 0.15) is 17.5 Å². The van der Waals surface area contributed by atoms with Gasteiger partial charge in [0.05, 0.1) is 5.02 Å². The average molecular weight is 461 g/mol. The highest BCUT2D eigenvalue weighted by Gasteiger charge is 2.18. The van der Waals surface area contributed by atoms with Crippen LogP contribution in [0.25, 0.3) is 0 Å². The third-order valence-corrected chi connectivity index (χ3v) is 4.46. The maximum atomic E-state index is 8.36. The third kappa shape index (κ3) is 7.78. The van der Waals surface area contributed by atoms with E-state index in [4.69, 9.17) is 59.6 Å². The second kappa shape index (κ2) is 11.5. The molecule has 0 saturated heterocycles. The van der Waals surface area contributed by atoms with Gasteiger partial charge < -0.3 is 19.7 Å². The lowest BCUT2D eigenvalue weighted by Crippen LogP contribution is -2.14. The summed E-state index contributed by atoms with van der Waals surface area (Å²) in [6.07, 6.45) is 3.58. The fraction of sp³-hybridized carbons (Fsp3) is 0.167. The topological polar surface area (TPSA) is 111 Å². The number of rotatable bonds is 7. The Hall–Kier alpha value is -2.52. The van der Waals surface area contributed by atoms with Crippen molar-refractivity contribution in [1.82, 2.24) is 9.97 Å². The molecule has 0 bridgehead atoms. The molecule has 11 heteroatoms. The van der Waals surface area contributed by atoms with Crippen LogP contribution in [-0.2, 0) is 11.2 Å². The van der Waals surface area contributed by atoms with Crippen LogP contribution in [-0.4, -0.2) is 27.1 Å². The van der Waals surface area contributed by atoms with E-state index in [1.54, 1.807) is 36.7 Å². The van der Waals surface area contributed by atoms with Gasteiger partial charge in [0.25, 0.3) is 5.09 Å². The molecule has 154 valence electrons. The van der Waals surface area contributed by atoms with E-state index in [1.807, 2.05) is 18.2 Å². The van der Waals surface area contributed by atoms with Gasteiger partial charge in [-0.1, -0.05) is 53.0 Å². The molecule has 29 heavy (non-hydrogen) atoms. The number of aromatic nitrogens is 2. The molecule has 0 fully saturated rings. The zero-order chi connectivity index (χ0) is 21.2. The number of nitrogens with zero attached hydrogens (tertiary/aromatic N) is 2. The van der Waals surface area contributed by atoms with Crippen LogP contribution in [0.4, 0.5) is 0 Å². The molecule has 2 N–H and O–H groups in total. The number of aromatic amines is 1. The van der Waals surface area contributed by atoms with E-state index >= 15 is 0 Å². The van der Waals surface area contributed by atoms with Crippen LogP contribution in [0.5, 0.6) is 5.75 Å². The molecule has 0 spiro atoms. The summed E-state index contributed by atoms with van der Waals surface area (Å²) < 4.78 is 11.5. The first-order valence-electron chi connectivity index (χ1n) is 8.12. The average Bonchev–Trinajstić information content (AvgIpc) is 3.18. The number of nitrogens with one attached hydrogen (secondary N) is 1. The van der Waals surface area contributed by atoms with Crippen molar-refractivity contribution in [3.05, 3.63) is 91.4 Å². The molecule has 1 aromatic heterocycles. The molecule has 3 aromatic rings. The van der Waals surface area contributed by atoms with Crippen LogP contribution >= 0.6 is 34.8 Å². The third-order valence-electron chi connectivity index (χ3n) is 3.57. The molecule has 0 amide bonds. The molecule has 1 heterocycles. The van der Waals surface area contributed by atoms with Gasteiger partial charge in [-0.15, -0.1) is 10.1 Å². The van der Waals surface area contributed by atoms with Crippen LogP contribution in [0.15, 0.2) is 54.9 Å². The van der Waals surface area contributed by atoms with Gasteiger partial charge in [0.2, 0.25) is 0 Å². The van der Waals surface area contributed by atoms with E-state index in [0.717, 1.165) is 5.56 Å². The number of hydrogen-bond donors (Lipinski definition) is 2. The van der Waals surface area contributed by atoms with Crippen molar-refractivity contribution in [3.8, 4) is 5.75 Å². The molecule has 0 radical (unpaired) electrons. The number of benzene rings is 2. The number of imidazole rings is 1. The second-order valence-corrected chi connectivity index (χ2v) is 6.75. The highest BCUT2D eigenvalue weighted by Crippen LogP contribution is 2.28. The van der Waals surface area contributed by atoms with E-state index in [0.29, 0.717) is 33.1 Å². The van der Waals surface area contributed by atoms with Crippen molar-refractivity contribution in [2.45, 2.75) is 12.5 Å². The van der Waals surface area contributed by atoms with Crippen LogP contribution in [0.3, 0.4) is 0 Å². The normalized spacial score (nSPS) is 11.3. The van der Waals surface area contributed by atoms with Crippen molar-refractivity contribution < 1.29 is 19.8 Å². The number of H-pyrrole nitrogens is 1. The van der Waals surface area contributed by atoms with E-state index < -0.39 is 5.09 Å². The summed E-state index contributed by atoms with van der Waals surface area (Å²) in [5.41, 5.74) is 0.908. The van der Waals surface area contributed by atoms with Gasteiger partial charge in [-0.25, -0.2) is 4.98 Å². The highest BCUT2D eigenvalue weighted by atomic mass is 35.5. The monoisotopic (exact) mass is 459 g/mol. The second-order valence-electron chi connectivity index (χ2n) is 5.50. The smallest absolute Gasteiger partial charge is 0.291 e. The zero-order valence-electron chi connectivity index (χ0n) is 14.8. The van der Waals surface area contributed by atoms with Crippen LogP contribution < -0.4 is 4.74 Å². The summed E-state index contributed by atoms with van der Waals surface area (Å²) >= 11 is 18.3. The molecule has 1 atom stereocenters. The Morgan fingerprint density at radius 1 is 1.17 bits per heavy atom. The maximum Gasteiger partial charge on any atom is 0.291 e. The maximum absolute atomic E-state index is 8.36. The van der Waals surface area contributed by atoms with Gasteiger partial charge in [0.15, 0.2) is 6.79 Å². The minimum atomic E-state index is -1.50. The lowest BCUT2D eigenvalue weighted by molar-refractivity contribution is -0.742. The lowest BCUT2D eigenvalue weighted by atomic mass is 10.1. The van der Waals surface area contributed by atoms with Crippen molar-refractivity contribution in [2.24, 2.45) is 0 Å². The summed E-state index contributed by atoms with van der Waals surface area (Å²) in [6.45, 7) is 0.0281. The largest absolute Gasteiger partial charge is 0.466 e. The summed E-state index contributed by atoms with van der Waals surface area (Å²) in [5, 5.41) is 15.3. The first-order valence-corrected chi connectivity index (χ1v) is 9.25. The standard InChI is InChI=1S/C18H15Cl3N2O2.HNO3/c19-13-6-5-12(15(21)10-13)9-17(18-22-7-8-23-18)25-11-24-16-4-2-1-3-14(16)20;2-1(3)4/h1-8,10,17H,9,11H2,(H,22,23);(H,2,3,4). The Balaban J connectivity index is 0.000000687. The fourth-order valence-electron chi connectivity index (χ4n) is 2.32. The lowest BCUT2D eigenvalue weighted by Gasteiger charge is -2.17. The molecule has 3 rings (SSSR count). The van der Waals surface area contributed by atoms with Crippen LogP contribution in [0, 0.1) is 10.1 Å². The van der Waals surface area contributed by atoms with Gasteiger partial charge in [-0.3, -0.25) is 0 Å². The summed E-state index contributed by atoms with van der Waals surface area (Å²) in [4.78, 5) is 15.7. The highest BCUT2D eigenvalue weighted by molar-refractivity contribution is 6.35. The Kier molecular flexibility index (Phi) is 9.01. The first kappa shape index (κ1) is 22.8. The van der Waals surface area contributed by atoms with E-state index in [2.05, 4.69) is 9.97 Å². The molecule has 0 aliphatic heterocycles. The SMILES string of the molecule is Clc1ccc(CC(OCOc2ccccc2Cl)c2ncc[nH]2)c(Cl)c1.O=[N+]([O-])O. The quantitative estimate of drug-likeness (QED) is 0.279. The molecule has 0 aliphatic carbocycles. The van der Waals surface area contributed by atoms with Crippen molar-refractivity contribution in [3.63, 3.8) is 0 Å². The Morgan fingerprint density at radius 3 is 2.52 bits per heavy atom. The van der Waals surface area contributed by atoms with Gasteiger partial charge >= 0.3 is 0 Å². The molecule has 1 unspecified atom stereocenters. The number of ether oxygens (including phenoxy) is 2. The van der Waals surface area contributed by atoms with Crippen molar-refractivity contribution in [2.75, 3.05) is 6.79 Å². The predicted octanol–water partition coefficient (Wildman–Crippen LogP) is 5.36. The molecule has 0 aliphatic rings. The molecular formula is C18H16Cl3N3O5. The number of hydrogen-bond acceptors (Lipinski definition) is 5. The van der Waals surface area contributed by atoms with E-state index in [1.165, 1.54) is 0 Å². The summed E-state index contributed by atoms with van der Waals surface area (Å²) in [7, 11) is 0. The first-order chi connectivity index (χ1) is 13.9. The fourth-order valence-corrected chi connectivity index (χ4v) is 2.99. The van der Waals surface area contributed by atoms with E-state index in [9.17, 15) is 0 Å².